The van der Waals surface area contributed by atoms with Crippen molar-refractivity contribution >= 4 is 39.1 Å². The SMILES string of the molecule is CCCC(=O)N=c1sc(CC)nn1Cc1ccc(-c2ccccc2S(=O)(=O)NC(=O)c2ccccc2C(=O)O)cc1. The second kappa shape index (κ2) is 12.8. The van der Waals surface area contributed by atoms with Crippen molar-refractivity contribution in [2.75, 3.05) is 0 Å². The van der Waals surface area contributed by atoms with Gasteiger partial charge in [-0.05, 0) is 42.2 Å². The molecule has 4 aromatic rings. The molecule has 0 radical (unpaired) electrons. The molecule has 1 heterocycles. The van der Waals surface area contributed by atoms with Gasteiger partial charge in [-0.25, -0.2) is 22.6 Å². The largest absolute Gasteiger partial charge is 0.478 e. The number of aryl methyl sites for hydroxylation is 1. The van der Waals surface area contributed by atoms with E-state index < -0.39 is 21.9 Å². The van der Waals surface area contributed by atoms with Crippen molar-refractivity contribution in [1.29, 1.82) is 0 Å². The molecule has 4 rings (SSSR count). The van der Waals surface area contributed by atoms with Gasteiger partial charge in [0.2, 0.25) is 10.7 Å². The second-order valence-electron chi connectivity index (χ2n) is 9.02. The zero-order chi connectivity index (χ0) is 29.6. The number of aromatic carboxylic acids is 1. The number of carboxylic acids is 1. The molecule has 3 aromatic carbocycles. The molecular weight excluding hydrogens is 564 g/mol. The summed E-state index contributed by atoms with van der Waals surface area (Å²) in [5.41, 5.74) is 1.25. The highest BCUT2D eigenvalue weighted by Crippen LogP contribution is 2.28. The van der Waals surface area contributed by atoms with Crippen LogP contribution >= 0.6 is 11.3 Å². The summed E-state index contributed by atoms with van der Waals surface area (Å²) >= 11 is 1.37. The molecule has 41 heavy (non-hydrogen) atoms. The number of rotatable bonds is 10. The van der Waals surface area contributed by atoms with Crippen LogP contribution in [0.2, 0.25) is 0 Å². The molecule has 0 spiro atoms. The number of aromatic nitrogens is 2. The lowest BCUT2D eigenvalue weighted by Crippen LogP contribution is -2.32. The van der Waals surface area contributed by atoms with E-state index in [1.165, 1.54) is 47.7 Å². The zero-order valence-corrected chi connectivity index (χ0v) is 24.0. The number of hydrogen-bond acceptors (Lipinski definition) is 7. The van der Waals surface area contributed by atoms with Crippen LogP contribution in [0.5, 0.6) is 0 Å². The van der Waals surface area contributed by atoms with Gasteiger partial charge in [0.1, 0.15) is 5.01 Å². The maximum Gasteiger partial charge on any atom is 0.336 e. The summed E-state index contributed by atoms with van der Waals surface area (Å²) in [6, 6.07) is 18.8. The molecule has 0 unspecified atom stereocenters. The lowest BCUT2D eigenvalue weighted by molar-refractivity contribution is -0.118. The molecule has 2 N–H and O–H groups in total. The van der Waals surface area contributed by atoms with Crippen LogP contribution in [-0.2, 0) is 27.8 Å². The van der Waals surface area contributed by atoms with Crippen LogP contribution in [0.4, 0.5) is 0 Å². The van der Waals surface area contributed by atoms with Crippen LogP contribution < -0.4 is 9.52 Å². The molecule has 0 aliphatic heterocycles. The summed E-state index contributed by atoms with van der Waals surface area (Å²) in [5.74, 6) is -2.58. The van der Waals surface area contributed by atoms with Crippen molar-refractivity contribution < 1.29 is 27.9 Å². The Morgan fingerprint density at radius 3 is 2.27 bits per heavy atom. The van der Waals surface area contributed by atoms with E-state index in [2.05, 4.69) is 10.1 Å². The Morgan fingerprint density at radius 2 is 1.61 bits per heavy atom. The first-order valence-electron chi connectivity index (χ1n) is 12.8. The fourth-order valence-corrected chi connectivity index (χ4v) is 6.11. The number of hydrogen-bond donors (Lipinski definition) is 2. The van der Waals surface area contributed by atoms with Gasteiger partial charge in [0.05, 0.1) is 22.6 Å². The molecule has 12 heteroatoms. The number of amides is 2. The average molecular weight is 593 g/mol. The number of benzene rings is 3. The number of nitrogens with one attached hydrogen (secondary N) is 1. The molecule has 2 amide bonds. The van der Waals surface area contributed by atoms with Gasteiger partial charge >= 0.3 is 5.97 Å². The summed E-state index contributed by atoms with van der Waals surface area (Å²) in [7, 11) is -4.36. The Bertz CT molecular complexity index is 1770. The van der Waals surface area contributed by atoms with Crippen molar-refractivity contribution in [1.82, 2.24) is 14.5 Å². The number of carbonyl (C=O) groups excluding carboxylic acids is 2. The van der Waals surface area contributed by atoms with Gasteiger partial charge in [0, 0.05) is 12.0 Å². The van der Waals surface area contributed by atoms with E-state index in [0.29, 0.717) is 41.7 Å². The maximum atomic E-state index is 13.3. The third-order valence-electron chi connectivity index (χ3n) is 6.05. The summed E-state index contributed by atoms with van der Waals surface area (Å²) in [6.07, 6.45) is 1.79. The lowest BCUT2D eigenvalue weighted by atomic mass is 10.0. The first-order chi connectivity index (χ1) is 19.6. The van der Waals surface area contributed by atoms with Gasteiger partial charge in [-0.2, -0.15) is 10.1 Å². The summed E-state index contributed by atoms with van der Waals surface area (Å²) in [4.78, 5) is 41.0. The predicted octanol–water partition coefficient (Wildman–Crippen LogP) is 4.27. The topological polar surface area (TPSA) is 148 Å². The predicted molar refractivity (Wildman–Crippen MR) is 154 cm³/mol. The second-order valence-corrected chi connectivity index (χ2v) is 11.7. The van der Waals surface area contributed by atoms with E-state index in [9.17, 15) is 27.9 Å². The quantitative estimate of drug-likeness (QED) is 0.279. The Hall–Kier alpha value is -4.42. The molecule has 0 fully saturated rings. The van der Waals surface area contributed by atoms with Crippen LogP contribution in [-0.4, -0.2) is 41.1 Å². The molecule has 10 nitrogen and oxygen atoms in total. The number of sulfonamides is 1. The minimum Gasteiger partial charge on any atom is -0.478 e. The summed E-state index contributed by atoms with van der Waals surface area (Å²) in [6.45, 7) is 4.27. The van der Waals surface area contributed by atoms with Crippen molar-refractivity contribution in [2.24, 2.45) is 4.99 Å². The van der Waals surface area contributed by atoms with Gasteiger partial charge in [-0.15, -0.1) is 0 Å². The van der Waals surface area contributed by atoms with E-state index in [0.717, 1.165) is 10.6 Å². The number of carboxylic acid groups (broad SMARTS) is 1. The van der Waals surface area contributed by atoms with Crippen LogP contribution in [0.1, 0.15) is 58.0 Å². The van der Waals surface area contributed by atoms with E-state index in [4.69, 9.17) is 0 Å². The molecule has 0 saturated carbocycles. The monoisotopic (exact) mass is 592 g/mol. The van der Waals surface area contributed by atoms with Crippen LogP contribution in [0.15, 0.2) is 82.7 Å². The standard InChI is InChI=1S/C29H28N4O6S2/c1-3-9-25(34)30-29-33(31-26(4-2)40-29)18-19-14-16-20(17-15-19)21-10-7-8-13-24(21)41(38,39)32-27(35)22-11-5-6-12-23(22)28(36)37/h5-8,10-17H,3-4,9,18H2,1-2H3,(H,32,35)(H,36,37). The fourth-order valence-electron chi connectivity index (χ4n) is 4.06. The molecule has 1 aromatic heterocycles. The van der Waals surface area contributed by atoms with Gasteiger partial charge in [-0.3, -0.25) is 9.59 Å². The molecule has 0 bridgehead atoms. The van der Waals surface area contributed by atoms with Crippen molar-refractivity contribution in [2.45, 2.75) is 44.6 Å². The van der Waals surface area contributed by atoms with Crippen molar-refractivity contribution in [3.05, 3.63) is 99.3 Å². The van der Waals surface area contributed by atoms with Crippen LogP contribution in [0.3, 0.4) is 0 Å². The summed E-state index contributed by atoms with van der Waals surface area (Å²) in [5, 5.41) is 14.8. The Morgan fingerprint density at radius 1 is 0.951 bits per heavy atom. The summed E-state index contributed by atoms with van der Waals surface area (Å²) < 4.78 is 30.2. The van der Waals surface area contributed by atoms with Gasteiger partial charge < -0.3 is 5.11 Å². The minimum atomic E-state index is -4.36. The number of carbonyl (C=O) groups is 3. The molecule has 0 atom stereocenters. The van der Waals surface area contributed by atoms with E-state index in [1.807, 2.05) is 30.7 Å². The third kappa shape index (κ3) is 7.02. The first kappa shape index (κ1) is 29.6. The van der Waals surface area contributed by atoms with E-state index in [1.54, 1.807) is 28.9 Å². The number of nitrogens with zero attached hydrogens (tertiary/aromatic N) is 3. The average Bonchev–Trinajstić information content (AvgIpc) is 3.34. The zero-order valence-electron chi connectivity index (χ0n) is 22.4. The fraction of sp³-hybridized carbons (Fsp3) is 0.207. The van der Waals surface area contributed by atoms with Gasteiger partial charge in [0.25, 0.3) is 15.9 Å². The van der Waals surface area contributed by atoms with E-state index in [-0.39, 0.29) is 21.9 Å². The van der Waals surface area contributed by atoms with E-state index >= 15 is 0 Å². The van der Waals surface area contributed by atoms with Gasteiger partial charge in [-0.1, -0.05) is 79.8 Å². The maximum absolute atomic E-state index is 13.3. The van der Waals surface area contributed by atoms with Crippen molar-refractivity contribution in [3.8, 4) is 11.1 Å². The Kier molecular flexibility index (Phi) is 9.25. The molecule has 0 aliphatic rings. The highest BCUT2D eigenvalue weighted by atomic mass is 32.2. The minimum absolute atomic E-state index is 0.133. The van der Waals surface area contributed by atoms with Crippen LogP contribution in [0.25, 0.3) is 11.1 Å². The smallest absolute Gasteiger partial charge is 0.336 e. The molecular formula is C29H28N4O6S2. The molecule has 212 valence electrons. The molecule has 0 aliphatic carbocycles. The normalized spacial score (nSPS) is 11.8. The molecule has 0 saturated heterocycles. The first-order valence-corrected chi connectivity index (χ1v) is 15.1. The highest BCUT2D eigenvalue weighted by molar-refractivity contribution is 7.90. The highest BCUT2D eigenvalue weighted by Gasteiger charge is 2.25. The lowest BCUT2D eigenvalue weighted by Gasteiger charge is -2.13. The Labute approximate surface area is 241 Å². The third-order valence-corrected chi connectivity index (χ3v) is 8.53. The van der Waals surface area contributed by atoms with Crippen LogP contribution in [0, 0.1) is 0 Å². The Balaban J connectivity index is 1.61. The van der Waals surface area contributed by atoms with Gasteiger partial charge in [0.15, 0.2) is 0 Å². The van der Waals surface area contributed by atoms with Crippen molar-refractivity contribution in [3.63, 3.8) is 0 Å².